The van der Waals surface area contributed by atoms with Gasteiger partial charge >= 0.3 is 0 Å². The van der Waals surface area contributed by atoms with E-state index in [-0.39, 0.29) is 10.8 Å². The van der Waals surface area contributed by atoms with Crippen LogP contribution in [0.2, 0.25) is 0 Å². The number of carbonyl (C=O) groups excluding carboxylic acids is 1. The third kappa shape index (κ3) is 2.96. The summed E-state index contributed by atoms with van der Waals surface area (Å²) >= 11 is 0. The van der Waals surface area contributed by atoms with Gasteiger partial charge in [0, 0.05) is 23.3 Å². The predicted molar refractivity (Wildman–Crippen MR) is 63.3 cm³/mol. The summed E-state index contributed by atoms with van der Waals surface area (Å²) in [6.45, 7) is 4.82. The van der Waals surface area contributed by atoms with Gasteiger partial charge in [-0.25, -0.2) is 8.42 Å². The molecule has 0 bridgehead atoms. The molecule has 1 aromatic carbocycles. The minimum absolute atomic E-state index is 0.0401. The largest absolute Gasteiger partial charge is 0.326 e. The van der Waals surface area contributed by atoms with Crippen LogP contribution >= 0.6 is 10.7 Å². The van der Waals surface area contributed by atoms with Crippen LogP contribution in [0.15, 0.2) is 17.0 Å². The van der Waals surface area contributed by atoms with Gasteiger partial charge < -0.3 is 5.32 Å². The zero-order valence-electron chi connectivity index (χ0n) is 9.17. The summed E-state index contributed by atoms with van der Waals surface area (Å²) in [5, 5.41) is 2.64. The molecule has 6 heteroatoms. The Morgan fingerprint density at radius 3 is 2.00 bits per heavy atom. The van der Waals surface area contributed by atoms with Crippen molar-refractivity contribution < 1.29 is 13.2 Å². The smallest absolute Gasteiger partial charge is 0.261 e. The van der Waals surface area contributed by atoms with Crippen molar-refractivity contribution in [3.63, 3.8) is 0 Å². The highest BCUT2D eigenvalue weighted by molar-refractivity contribution is 8.13. The van der Waals surface area contributed by atoms with Gasteiger partial charge in [-0.05, 0) is 37.1 Å². The van der Waals surface area contributed by atoms with Crippen LogP contribution in [0.4, 0.5) is 5.69 Å². The molecule has 0 aliphatic carbocycles. The fourth-order valence-corrected chi connectivity index (χ4v) is 2.34. The molecule has 1 aromatic rings. The molecule has 4 nitrogen and oxygen atoms in total. The number of carbonyl (C=O) groups is 1. The molecule has 1 N–H and O–H groups in total. The van der Waals surface area contributed by atoms with E-state index >= 15 is 0 Å². The average Bonchev–Trinajstić information content (AvgIpc) is 2.09. The quantitative estimate of drug-likeness (QED) is 0.830. The van der Waals surface area contributed by atoms with Gasteiger partial charge in [-0.3, -0.25) is 4.79 Å². The van der Waals surface area contributed by atoms with Crippen LogP contribution in [0.5, 0.6) is 0 Å². The van der Waals surface area contributed by atoms with E-state index in [1.807, 2.05) is 0 Å². The standard InChI is InChI=1S/C10H12ClNO3S/c1-6-4-9(16(11,14)15)5-7(2)10(6)12-8(3)13/h4-5H,1-3H3,(H,12,13). The number of hydrogen-bond donors (Lipinski definition) is 1. The zero-order chi connectivity index (χ0) is 12.5. The minimum atomic E-state index is -3.73. The van der Waals surface area contributed by atoms with Gasteiger partial charge in [-0.1, -0.05) is 0 Å². The Morgan fingerprint density at radius 1 is 1.25 bits per heavy atom. The Labute approximate surface area is 99.0 Å². The van der Waals surface area contributed by atoms with Crippen molar-refractivity contribution in [1.29, 1.82) is 0 Å². The van der Waals surface area contributed by atoms with E-state index in [0.717, 1.165) is 0 Å². The number of benzene rings is 1. The molecule has 88 valence electrons. The summed E-state index contributed by atoms with van der Waals surface area (Å²) in [7, 11) is 1.51. The first kappa shape index (κ1) is 13.0. The molecular weight excluding hydrogens is 250 g/mol. The van der Waals surface area contributed by atoms with Crippen molar-refractivity contribution in [3.8, 4) is 0 Å². The van der Waals surface area contributed by atoms with Gasteiger partial charge in [0.25, 0.3) is 9.05 Å². The lowest BCUT2D eigenvalue weighted by Crippen LogP contribution is -2.09. The van der Waals surface area contributed by atoms with Crippen LogP contribution in [0.1, 0.15) is 18.1 Å². The first-order chi connectivity index (χ1) is 7.21. The summed E-state index contributed by atoms with van der Waals surface area (Å²) in [4.78, 5) is 11.0. The Kier molecular flexibility index (Phi) is 3.60. The number of aryl methyl sites for hydroxylation is 2. The van der Waals surface area contributed by atoms with E-state index in [4.69, 9.17) is 10.7 Å². The SMILES string of the molecule is CC(=O)Nc1c(C)cc(S(=O)(=O)Cl)cc1C. The molecule has 0 atom stereocenters. The van der Waals surface area contributed by atoms with E-state index < -0.39 is 9.05 Å². The van der Waals surface area contributed by atoms with Crippen LogP contribution in [-0.4, -0.2) is 14.3 Å². The normalized spacial score (nSPS) is 11.2. The van der Waals surface area contributed by atoms with Crippen LogP contribution in [0.3, 0.4) is 0 Å². The number of amides is 1. The third-order valence-electron chi connectivity index (χ3n) is 2.09. The van der Waals surface area contributed by atoms with Crippen molar-refractivity contribution >= 4 is 31.3 Å². The van der Waals surface area contributed by atoms with Gasteiger partial charge in [0.2, 0.25) is 5.91 Å². The second-order valence-corrected chi connectivity index (χ2v) is 6.12. The molecule has 0 saturated carbocycles. The van der Waals surface area contributed by atoms with Gasteiger partial charge in [-0.15, -0.1) is 0 Å². The van der Waals surface area contributed by atoms with Crippen LogP contribution in [-0.2, 0) is 13.8 Å². The van der Waals surface area contributed by atoms with Crippen LogP contribution in [0.25, 0.3) is 0 Å². The molecular formula is C10H12ClNO3S. The molecule has 0 aliphatic rings. The maximum absolute atomic E-state index is 11.1. The Morgan fingerprint density at radius 2 is 1.69 bits per heavy atom. The number of halogens is 1. The maximum Gasteiger partial charge on any atom is 0.261 e. The Bertz CT molecular complexity index is 514. The predicted octanol–water partition coefficient (Wildman–Crippen LogP) is 2.19. The fraction of sp³-hybridized carbons (Fsp3) is 0.300. The Hall–Kier alpha value is -1.07. The summed E-state index contributed by atoms with van der Waals surface area (Å²) < 4.78 is 22.3. The molecule has 0 unspecified atom stereocenters. The van der Waals surface area contributed by atoms with Crippen molar-refractivity contribution in [1.82, 2.24) is 0 Å². The van der Waals surface area contributed by atoms with Crippen LogP contribution in [0, 0.1) is 13.8 Å². The third-order valence-corrected chi connectivity index (χ3v) is 3.42. The highest BCUT2D eigenvalue weighted by Gasteiger charge is 2.14. The highest BCUT2D eigenvalue weighted by atomic mass is 35.7. The number of rotatable bonds is 2. The Balaban J connectivity index is 3.34. The molecule has 1 amide bonds. The summed E-state index contributed by atoms with van der Waals surface area (Å²) in [5.41, 5.74) is 1.94. The summed E-state index contributed by atoms with van der Waals surface area (Å²) in [6, 6.07) is 2.86. The first-order valence-corrected chi connectivity index (χ1v) is 6.86. The maximum atomic E-state index is 11.1. The van der Waals surface area contributed by atoms with Crippen molar-refractivity contribution in [3.05, 3.63) is 23.3 Å². The topological polar surface area (TPSA) is 63.2 Å². The van der Waals surface area contributed by atoms with Crippen molar-refractivity contribution in [2.45, 2.75) is 25.7 Å². The monoisotopic (exact) mass is 261 g/mol. The molecule has 0 aromatic heterocycles. The first-order valence-electron chi connectivity index (χ1n) is 4.55. The molecule has 1 rings (SSSR count). The minimum Gasteiger partial charge on any atom is -0.326 e. The van der Waals surface area contributed by atoms with Gasteiger partial charge in [0.1, 0.15) is 0 Å². The van der Waals surface area contributed by atoms with E-state index in [1.54, 1.807) is 13.8 Å². The lowest BCUT2D eigenvalue weighted by Gasteiger charge is -2.11. The van der Waals surface area contributed by atoms with E-state index in [2.05, 4.69) is 5.32 Å². The average molecular weight is 262 g/mol. The molecule has 0 fully saturated rings. The fourth-order valence-electron chi connectivity index (χ4n) is 1.44. The molecule has 0 heterocycles. The lowest BCUT2D eigenvalue weighted by molar-refractivity contribution is -0.114. The van der Waals surface area contributed by atoms with Gasteiger partial charge in [0.05, 0.1) is 4.90 Å². The lowest BCUT2D eigenvalue weighted by atomic mass is 10.1. The molecule has 16 heavy (non-hydrogen) atoms. The molecule has 0 radical (unpaired) electrons. The van der Waals surface area contributed by atoms with E-state index in [0.29, 0.717) is 16.8 Å². The van der Waals surface area contributed by atoms with Gasteiger partial charge in [-0.2, -0.15) is 0 Å². The van der Waals surface area contributed by atoms with Crippen LogP contribution < -0.4 is 5.32 Å². The van der Waals surface area contributed by atoms with E-state index in [9.17, 15) is 13.2 Å². The van der Waals surface area contributed by atoms with Crippen molar-refractivity contribution in [2.75, 3.05) is 5.32 Å². The number of anilines is 1. The number of hydrogen-bond acceptors (Lipinski definition) is 3. The zero-order valence-corrected chi connectivity index (χ0v) is 10.7. The number of nitrogens with one attached hydrogen (secondary N) is 1. The van der Waals surface area contributed by atoms with Gasteiger partial charge in [0.15, 0.2) is 0 Å². The summed E-state index contributed by atoms with van der Waals surface area (Å²) in [5.74, 6) is -0.201. The second-order valence-electron chi connectivity index (χ2n) is 3.55. The molecule has 0 saturated heterocycles. The highest BCUT2D eigenvalue weighted by Crippen LogP contribution is 2.26. The molecule has 0 spiro atoms. The summed E-state index contributed by atoms with van der Waals surface area (Å²) in [6.07, 6.45) is 0. The van der Waals surface area contributed by atoms with Crippen molar-refractivity contribution in [2.24, 2.45) is 0 Å². The second kappa shape index (κ2) is 4.43. The van der Waals surface area contributed by atoms with E-state index in [1.165, 1.54) is 19.1 Å². The molecule has 0 aliphatic heterocycles.